The zero-order chi connectivity index (χ0) is 11.7. The van der Waals surface area contributed by atoms with Gasteiger partial charge >= 0.3 is 0 Å². The van der Waals surface area contributed by atoms with Gasteiger partial charge in [-0.25, -0.2) is 0 Å². The Morgan fingerprint density at radius 1 is 1.38 bits per heavy atom. The summed E-state index contributed by atoms with van der Waals surface area (Å²) in [6.45, 7) is 6.34. The molecule has 0 radical (unpaired) electrons. The number of rotatable bonds is 3. The summed E-state index contributed by atoms with van der Waals surface area (Å²) < 4.78 is 1.86. The summed E-state index contributed by atoms with van der Waals surface area (Å²) in [5.74, 6) is 0. The topological polar surface area (TPSA) is 29.9 Å². The molecule has 1 N–H and O–H groups in total. The number of thiophene rings is 1. The van der Waals surface area contributed by atoms with Crippen molar-refractivity contribution in [3.8, 4) is 0 Å². The van der Waals surface area contributed by atoms with Gasteiger partial charge in [-0.1, -0.05) is 0 Å². The molecule has 0 aliphatic heterocycles. The first-order valence-corrected chi connectivity index (χ1v) is 6.31. The van der Waals surface area contributed by atoms with E-state index in [2.05, 4.69) is 41.2 Å². The summed E-state index contributed by atoms with van der Waals surface area (Å²) in [5.41, 5.74) is 4.88. The number of nitrogens with one attached hydrogen (secondary N) is 1. The summed E-state index contributed by atoms with van der Waals surface area (Å²) in [4.78, 5) is 0. The Balaban J connectivity index is 2.17. The molecule has 0 saturated carbocycles. The predicted molar refractivity (Wildman–Crippen MR) is 69.0 cm³/mol. The molecule has 0 amide bonds. The normalized spacial score (nSPS) is 12.8. The fraction of sp³-hybridized carbons (Fsp3) is 0.417. The standard InChI is InChI=1S/C12H17N3S/c1-8-6-16-7-12(8)13-9(2)11-5-15(4)14-10(11)3/h5-7,9,13H,1-4H3. The van der Waals surface area contributed by atoms with E-state index in [1.165, 1.54) is 16.8 Å². The van der Waals surface area contributed by atoms with E-state index in [0.29, 0.717) is 6.04 Å². The monoisotopic (exact) mass is 235 g/mol. The van der Waals surface area contributed by atoms with Gasteiger partial charge in [-0.05, 0) is 31.7 Å². The molecule has 0 aromatic carbocycles. The van der Waals surface area contributed by atoms with Crippen molar-refractivity contribution in [2.75, 3.05) is 5.32 Å². The van der Waals surface area contributed by atoms with Crippen LogP contribution in [0.3, 0.4) is 0 Å². The van der Waals surface area contributed by atoms with Crippen LogP contribution in [0.25, 0.3) is 0 Å². The Morgan fingerprint density at radius 3 is 2.62 bits per heavy atom. The number of anilines is 1. The molecule has 2 aromatic rings. The summed E-state index contributed by atoms with van der Waals surface area (Å²) in [5, 5.41) is 12.2. The van der Waals surface area contributed by atoms with Crippen LogP contribution in [0.15, 0.2) is 17.0 Å². The lowest BCUT2D eigenvalue weighted by Gasteiger charge is -2.14. The van der Waals surface area contributed by atoms with Gasteiger partial charge in [0.15, 0.2) is 0 Å². The van der Waals surface area contributed by atoms with E-state index < -0.39 is 0 Å². The summed E-state index contributed by atoms with van der Waals surface area (Å²) in [6.07, 6.45) is 2.08. The summed E-state index contributed by atoms with van der Waals surface area (Å²) >= 11 is 1.73. The zero-order valence-electron chi connectivity index (χ0n) is 10.1. The highest BCUT2D eigenvalue weighted by Crippen LogP contribution is 2.25. The third-order valence-electron chi connectivity index (χ3n) is 2.75. The van der Waals surface area contributed by atoms with Crippen molar-refractivity contribution in [3.63, 3.8) is 0 Å². The lowest BCUT2D eigenvalue weighted by atomic mass is 10.1. The van der Waals surface area contributed by atoms with E-state index in [1.54, 1.807) is 11.3 Å². The molecule has 0 aliphatic rings. The van der Waals surface area contributed by atoms with E-state index in [1.807, 2.05) is 18.7 Å². The van der Waals surface area contributed by atoms with Crippen LogP contribution in [-0.2, 0) is 7.05 Å². The molecule has 1 unspecified atom stereocenters. The van der Waals surface area contributed by atoms with Gasteiger partial charge in [0.25, 0.3) is 0 Å². The second kappa shape index (κ2) is 4.29. The lowest BCUT2D eigenvalue weighted by molar-refractivity contribution is 0.756. The molecule has 1 atom stereocenters. The third kappa shape index (κ3) is 2.11. The Bertz CT molecular complexity index is 484. The molecular weight excluding hydrogens is 218 g/mol. The second-order valence-electron chi connectivity index (χ2n) is 4.18. The Labute approximate surface area is 100 Å². The maximum absolute atomic E-state index is 4.36. The Hall–Kier alpha value is -1.29. The number of hydrogen-bond donors (Lipinski definition) is 1. The van der Waals surface area contributed by atoms with E-state index in [0.717, 1.165) is 5.69 Å². The highest BCUT2D eigenvalue weighted by molar-refractivity contribution is 7.08. The smallest absolute Gasteiger partial charge is 0.0646 e. The lowest BCUT2D eigenvalue weighted by Crippen LogP contribution is -2.07. The van der Waals surface area contributed by atoms with Crippen molar-refractivity contribution in [1.29, 1.82) is 0 Å². The van der Waals surface area contributed by atoms with Crippen LogP contribution >= 0.6 is 11.3 Å². The first kappa shape index (κ1) is 11.2. The van der Waals surface area contributed by atoms with Gasteiger partial charge in [-0.3, -0.25) is 4.68 Å². The summed E-state index contributed by atoms with van der Waals surface area (Å²) in [7, 11) is 1.96. The SMILES string of the molecule is Cc1cscc1NC(C)c1cn(C)nc1C. The molecule has 2 aromatic heterocycles. The minimum atomic E-state index is 0.294. The van der Waals surface area contributed by atoms with Crippen molar-refractivity contribution in [1.82, 2.24) is 9.78 Å². The zero-order valence-corrected chi connectivity index (χ0v) is 10.9. The van der Waals surface area contributed by atoms with Crippen LogP contribution in [0.5, 0.6) is 0 Å². The average Bonchev–Trinajstić information content (AvgIpc) is 2.74. The van der Waals surface area contributed by atoms with Gasteiger partial charge in [0.2, 0.25) is 0 Å². The van der Waals surface area contributed by atoms with Gasteiger partial charge in [0.1, 0.15) is 0 Å². The van der Waals surface area contributed by atoms with E-state index in [9.17, 15) is 0 Å². The molecule has 3 nitrogen and oxygen atoms in total. The molecule has 0 spiro atoms. The molecule has 4 heteroatoms. The molecule has 2 heterocycles. The second-order valence-corrected chi connectivity index (χ2v) is 4.92. The number of aryl methyl sites for hydroxylation is 3. The number of aromatic nitrogens is 2. The first-order valence-electron chi connectivity index (χ1n) is 5.37. The van der Waals surface area contributed by atoms with Crippen LogP contribution in [-0.4, -0.2) is 9.78 Å². The highest BCUT2D eigenvalue weighted by Gasteiger charge is 2.12. The molecule has 0 bridgehead atoms. The quantitative estimate of drug-likeness (QED) is 0.885. The minimum Gasteiger partial charge on any atom is -0.378 e. The van der Waals surface area contributed by atoms with Crippen LogP contribution in [0, 0.1) is 13.8 Å². The van der Waals surface area contributed by atoms with Gasteiger partial charge in [-0.15, -0.1) is 11.3 Å². The molecule has 0 fully saturated rings. The van der Waals surface area contributed by atoms with Crippen LogP contribution in [0.2, 0.25) is 0 Å². The fourth-order valence-corrected chi connectivity index (χ4v) is 2.65. The molecule has 0 saturated heterocycles. The van der Waals surface area contributed by atoms with Crippen LogP contribution in [0.1, 0.15) is 29.8 Å². The third-order valence-corrected chi connectivity index (χ3v) is 3.61. The van der Waals surface area contributed by atoms with Crippen LogP contribution < -0.4 is 5.32 Å². The predicted octanol–water partition coefficient (Wildman–Crippen LogP) is 3.27. The molecular formula is C12H17N3S. The van der Waals surface area contributed by atoms with Crippen molar-refractivity contribution >= 4 is 17.0 Å². The molecule has 86 valence electrons. The fourth-order valence-electron chi connectivity index (χ4n) is 1.86. The Morgan fingerprint density at radius 2 is 2.12 bits per heavy atom. The van der Waals surface area contributed by atoms with E-state index >= 15 is 0 Å². The largest absolute Gasteiger partial charge is 0.378 e. The molecule has 0 aliphatic carbocycles. The van der Waals surface area contributed by atoms with Crippen molar-refractivity contribution in [2.24, 2.45) is 7.05 Å². The number of nitrogens with zero attached hydrogens (tertiary/aromatic N) is 2. The number of hydrogen-bond acceptors (Lipinski definition) is 3. The van der Waals surface area contributed by atoms with Crippen molar-refractivity contribution < 1.29 is 0 Å². The van der Waals surface area contributed by atoms with Gasteiger partial charge in [0.05, 0.1) is 11.7 Å². The van der Waals surface area contributed by atoms with Gasteiger partial charge in [-0.2, -0.15) is 5.10 Å². The van der Waals surface area contributed by atoms with E-state index in [-0.39, 0.29) is 0 Å². The van der Waals surface area contributed by atoms with Gasteiger partial charge < -0.3 is 5.32 Å². The van der Waals surface area contributed by atoms with Gasteiger partial charge in [0, 0.05) is 29.9 Å². The maximum atomic E-state index is 4.36. The first-order chi connectivity index (χ1) is 7.58. The molecule has 2 rings (SSSR count). The highest BCUT2D eigenvalue weighted by atomic mass is 32.1. The average molecular weight is 235 g/mol. The Kier molecular flexibility index (Phi) is 3.01. The maximum Gasteiger partial charge on any atom is 0.0646 e. The molecule has 16 heavy (non-hydrogen) atoms. The van der Waals surface area contributed by atoms with E-state index in [4.69, 9.17) is 0 Å². The van der Waals surface area contributed by atoms with Crippen LogP contribution in [0.4, 0.5) is 5.69 Å². The van der Waals surface area contributed by atoms with Crippen molar-refractivity contribution in [2.45, 2.75) is 26.8 Å². The van der Waals surface area contributed by atoms with Crippen molar-refractivity contribution in [3.05, 3.63) is 33.8 Å². The summed E-state index contributed by atoms with van der Waals surface area (Å²) in [6, 6.07) is 0.294. The minimum absolute atomic E-state index is 0.294.